The molecule has 0 aliphatic heterocycles. The maximum absolute atomic E-state index is 7.32. The van der Waals surface area contributed by atoms with E-state index >= 15 is 0 Å². The Morgan fingerprint density at radius 2 is 1.75 bits per heavy atom. The van der Waals surface area contributed by atoms with E-state index in [0.717, 1.165) is 0 Å². The van der Waals surface area contributed by atoms with Crippen molar-refractivity contribution in [3.05, 3.63) is 0 Å². The molecule has 0 bridgehead atoms. The van der Waals surface area contributed by atoms with Crippen LogP contribution in [0.3, 0.4) is 0 Å². The molecule has 0 rings (SSSR count). The molecular formula is C2H3AuN+. The van der Waals surface area contributed by atoms with Gasteiger partial charge in [0.1, 0.15) is 0 Å². The van der Waals surface area contributed by atoms with Crippen LogP contribution < -0.4 is 0 Å². The van der Waals surface area contributed by atoms with E-state index in [4.69, 9.17) is 5.26 Å². The van der Waals surface area contributed by atoms with Gasteiger partial charge in [0.15, 0.2) is 0 Å². The third-order valence-electron chi connectivity index (χ3n) is 0. The van der Waals surface area contributed by atoms with Gasteiger partial charge in [0.05, 0.1) is 6.07 Å². The van der Waals surface area contributed by atoms with Crippen LogP contribution in [0.4, 0.5) is 0 Å². The first-order valence-electron chi connectivity index (χ1n) is 0.724. The third-order valence-corrected chi connectivity index (χ3v) is 0. The predicted octanol–water partition coefficient (Wildman–Crippen LogP) is 0.527. The molecule has 0 fully saturated rings. The summed E-state index contributed by atoms with van der Waals surface area (Å²) in [6.45, 7) is 1.43. The van der Waals surface area contributed by atoms with Crippen LogP contribution in [0.1, 0.15) is 6.92 Å². The number of hydrogen-bond acceptors (Lipinski definition) is 1. The Kier molecular flexibility index (Phi) is 23.6. The average Bonchev–Trinajstić information content (AvgIpc) is 0.918. The van der Waals surface area contributed by atoms with Crippen LogP contribution in [-0.2, 0) is 22.4 Å². The molecule has 0 radical (unpaired) electrons. The minimum Gasteiger partial charge on any atom is -0.199 e. The molecule has 0 heterocycles. The Hall–Kier alpha value is 0.230. The Balaban J connectivity index is 0. The van der Waals surface area contributed by atoms with Crippen LogP contribution in [0.25, 0.3) is 0 Å². The van der Waals surface area contributed by atoms with Gasteiger partial charge in [-0.3, -0.25) is 0 Å². The van der Waals surface area contributed by atoms with E-state index in [1.165, 1.54) is 6.92 Å². The topological polar surface area (TPSA) is 23.8 Å². The number of nitriles is 1. The summed E-state index contributed by atoms with van der Waals surface area (Å²) in [4.78, 5) is 0. The van der Waals surface area contributed by atoms with Gasteiger partial charge < -0.3 is 0 Å². The molecule has 2 heteroatoms. The average molecular weight is 238 g/mol. The van der Waals surface area contributed by atoms with Crippen molar-refractivity contribution in [1.29, 1.82) is 5.26 Å². The summed E-state index contributed by atoms with van der Waals surface area (Å²) < 4.78 is 0. The molecule has 0 saturated carbocycles. The number of nitrogens with zero attached hydrogens (tertiary/aromatic N) is 1. The van der Waals surface area contributed by atoms with Gasteiger partial charge in [-0.1, -0.05) is 0 Å². The maximum Gasteiger partial charge on any atom is 1.00 e. The molecule has 0 N–H and O–H groups in total. The molecule has 0 aliphatic rings. The fourth-order valence-electron chi connectivity index (χ4n) is 0. The second-order valence-corrected chi connectivity index (χ2v) is 0.224. The van der Waals surface area contributed by atoms with Gasteiger partial charge in [-0.2, -0.15) is 5.26 Å². The fraction of sp³-hybridized carbons (Fsp3) is 0.500. The number of hydrogen-bond donors (Lipinski definition) is 0. The van der Waals surface area contributed by atoms with E-state index in [1.807, 2.05) is 0 Å². The van der Waals surface area contributed by atoms with E-state index in [-0.39, 0.29) is 22.4 Å². The van der Waals surface area contributed by atoms with Gasteiger partial charge in [0, 0.05) is 6.92 Å². The maximum atomic E-state index is 7.32. The van der Waals surface area contributed by atoms with Crippen molar-refractivity contribution < 1.29 is 22.4 Å². The Bertz CT molecular complexity index is 27.5. The molecule has 0 aromatic rings. The van der Waals surface area contributed by atoms with Crippen molar-refractivity contribution in [2.45, 2.75) is 6.92 Å². The largest absolute Gasteiger partial charge is 1.00 e. The van der Waals surface area contributed by atoms with E-state index in [9.17, 15) is 0 Å². The normalized spacial score (nSPS) is 2.00. The molecule has 1 nitrogen and oxygen atoms in total. The first kappa shape index (κ1) is 8.87. The standard InChI is InChI=1S/C2H3N.Au/c1-2-3;/h1H3;/q;+1. The number of rotatable bonds is 0. The molecule has 4 heavy (non-hydrogen) atoms. The molecule has 0 unspecified atom stereocenters. The first-order chi connectivity index (χ1) is 1.41. The molecule has 0 aliphatic carbocycles. The minimum atomic E-state index is 0. The zero-order chi connectivity index (χ0) is 2.71. The second kappa shape index (κ2) is 10.6. The van der Waals surface area contributed by atoms with Crippen LogP contribution in [0, 0.1) is 11.3 Å². The van der Waals surface area contributed by atoms with Gasteiger partial charge in [0.25, 0.3) is 0 Å². The molecule has 0 aromatic heterocycles. The van der Waals surface area contributed by atoms with Crippen molar-refractivity contribution >= 4 is 0 Å². The monoisotopic (exact) mass is 238 g/mol. The van der Waals surface area contributed by atoms with Crippen LogP contribution in [0.15, 0.2) is 0 Å². The van der Waals surface area contributed by atoms with E-state index in [1.54, 1.807) is 6.07 Å². The molecule has 0 atom stereocenters. The van der Waals surface area contributed by atoms with Crippen molar-refractivity contribution in [3.63, 3.8) is 0 Å². The predicted molar refractivity (Wildman–Crippen MR) is 11.3 cm³/mol. The molecule has 0 spiro atoms. The van der Waals surface area contributed by atoms with E-state index < -0.39 is 0 Å². The van der Waals surface area contributed by atoms with Crippen molar-refractivity contribution in [3.8, 4) is 6.07 Å². The van der Waals surface area contributed by atoms with Gasteiger partial charge in [0.2, 0.25) is 0 Å². The summed E-state index contributed by atoms with van der Waals surface area (Å²) in [7, 11) is 0. The second-order valence-electron chi connectivity index (χ2n) is 0.224. The van der Waals surface area contributed by atoms with Crippen molar-refractivity contribution in [2.75, 3.05) is 0 Å². The Labute approximate surface area is 41.1 Å². The zero-order valence-electron chi connectivity index (χ0n) is 2.25. The van der Waals surface area contributed by atoms with Crippen LogP contribution in [-0.4, -0.2) is 0 Å². The van der Waals surface area contributed by atoms with Crippen molar-refractivity contribution in [2.24, 2.45) is 0 Å². The van der Waals surface area contributed by atoms with Crippen molar-refractivity contribution in [1.82, 2.24) is 0 Å². The quantitative estimate of drug-likeness (QED) is 0.564. The molecule has 26 valence electrons. The Morgan fingerprint density at radius 1 is 1.75 bits per heavy atom. The Morgan fingerprint density at radius 3 is 1.75 bits per heavy atom. The molecule has 0 amide bonds. The van der Waals surface area contributed by atoms with Gasteiger partial charge in [-0.05, 0) is 0 Å². The summed E-state index contributed by atoms with van der Waals surface area (Å²) in [5, 5.41) is 7.32. The summed E-state index contributed by atoms with van der Waals surface area (Å²) in [6, 6.07) is 1.75. The summed E-state index contributed by atoms with van der Waals surface area (Å²) >= 11 is 0. The summed E-state index contributed by atoms with van der Waals surface area (Å²) in [5.41, 5.74) is 0. The zero-order valence-corrected chi connectivity index (χ0v) is 4.42. The van der Waals surface area contributed by atoms with E-state index in [2.05, 4.69) is 0 Å². The molecular weight excluding hydrogens is 235 g/mol. The smallest absolute Gasteiger partial charge is 0.199 e. The SMILES string of the molecule is CC#N.[Au+]. The minimum absolute atomic E-state index is 0. The first-order valence-corrected chi connectivity index (χ1v) is 0.724. The van der Waals surface area contributed by atoms with Crippen LogP contribution >= 0.6 is 0 Å². The summed E-state index contributed by atoms with van der Waals surface area (Å²) in [5.74, 6) is 0. The molecule has 0 aromatic carbocycles. The third kappa shape index (κ3) is 63.7. The molecule has 0 saturated heterocycles. The van der Waals surface area contributed by atoms with Crippen LogP contribution in [0.2, 0.25) is 0 Å². The van der Waals surface area contributed by atoms with E-state index in [0.29, 0.717) is 0 Å². The fourth-order valence-corrected chi connectivity index (χ4v) is 0. The van der Waals surface area contributed by atoms with Gasteiger partial charge >= 0.3 is 22.4 Å². The van der Waals surface area contributed by atoms with Crippen LogP contribution in [0.5, 0.6) is 0 Å². The summed E-state index contributed by atoms with van der Waals surface area (Å²) in [6.07, 6.45) is 0. The van der Waals surface area contributed by atoms with Gasteiger partial charge in [-0.15, -0.1) is 0 Å². The van der Waals surface area contributed by atoms with Gasteiger partial charge in [-0.25, -0.2) is 0 Å².